The Morgan fingerprint density at radius 1 is 0.850 bits per heavy atom. The van der Waals surface area contributed by atoms with E-state index in [0.717, 1.165) is 11.1 Å². The van der Waals surface area contributed by atoms with Gasteiger partial charge in [0.1, 0.15) is 0 Å². The van der Waals surface area contributed by atoms with Gasteiger partial charge in [0.15, 0.2) is 0 Å². The van der Waals surface area contributed by atoms with Gasteiger partial charge in [-0.05, 0) is 28.7 Å². The highest BCUT2D eigenvalue weighted by Gasteiger charge is 2.26. The Morgan fingerprint density at radius 3 is 2.30 bits per heavy atom. The van der Waals surface area contributed by atoms with Gasteiger partial charge in [-0.25, -0.2) is 0 Å². The van der Waals surface area contributed by atoms with Gasteiger partial charge in [0.2, 0.25) is 0 Å². The Balaban J connectivity index is 2.08. The van der Waals surface area contributed by atoms with Crippen LogP contribution in [0.3, 0.4) is 0 Å². The van der Waals surface area contributed by atoms with Crippen LogP contribution in [0.25, 0.3) is 11.1 Å². The van der Waals surface area contributed by atoms with Gasteiger partial charge in [0, 0.05) is 0 Å². The van der Waals surface area contributed by atoms with Gasteiger partial charge in [-0.2, -0.15) is 0 Å². The molecule has 1 aliphatic heterocycles. The lowest BCUT2D eigenvalue weighted by Crippen LogP contribution is -2.29. The third-order valence-electron chi connectivity index (χ3n) is 3.25. The summed E-state index contributed by atoms with van der Waals surface area (Å²) in [5.41, 5.74) is 2.53. The summed E-state index contributed by atoms with van der Waals surface area (Å²) in [5.74, 6) is -0.804. The third kappa shape index (κ3) is 2.01. The zero-order chi connectivity index (χ0) is 14.3. The number of amides is 2. The molecule has 0 aliphatic carbocycles. The fourth-order valence-electron chi connectivity index (χ4n) is 2.23. The van der Waals surface area contributed by atoms with Crippen molar-refractivity contribution in [2.45, 2.75) is 0 Å². The molecule has 2 aromatic rings. The summed E-state index contributed by atoms with van der Waals surface area (Å²) >= 11 is 0. The second-order valence-electron chi connectivity index (χ2n) is 4.54. The predicted molar refractivity (Wildman–Crippen MR) is 73.5 cm³/mol. The monoisotopic (exact) mass is 267 g/mol. The topological polar surface area (TPSA) is 86.6 Å². The summed E-state index contributed by atoms with van der Waals surface area (Å²) in [6.45, 7) is 0. The molecule has 6 heteroatoms. The van der Waals surface area contributed by atoms with Crippen LogP contribution >= 0.6 is 0 Å². The fourth-order valence-corrected chi connectivity index (χ4v) is 2.23. The van der Waals surface area contributed by atoms with Crippen LogP contribution in [0.2, 0.25) is 0 Å². The Hall–Kier alpha value is -2.44. The zero-order valence-electron chi connectivity index (χ0n) is 10.3. The van der Waals surface area contributed by atoms with Crippen LogP contribution in [0.5, 0.6) is 0 Å². The van der Waals surface area contributed by atoms with Crippen molar-refractivity contribution in [1.82, 2.24) is 5.32 Å². The molecule has 1 heterocycles. The first-order chi connectivity index (χ1) is 9.56. The average molecular weight is 267 g/mol. The van der Waals surface area contributed by atoms with E-state index in [1.54, 1.807) is 42.5 Å². The molecule has 3 rings (SSSR count). The maximum Gasteiger partial charge on any atom is 0.488 e. The van der Waals surface area contributed by atoms with E-state index in [0.29, 0.717) is 16.6 Å². The molecule has 0 unspecified atom stereocenters. The quantitative estimate of drug-likeness (QED) is 0.524. The Labute approximate surface area is 115 Å². The lowest BCUT2D eigenvalue weighted by atomic mass is 9.79. The van der Waals surface area contributed by atoms with E-state index in [4.69, 9.17) is 0 Å². The summed E-state index contributed by atoms with van der Waals surface area (Å²) in [7, 11) is -1.55. The molecule has 0 radical (unpaired) electrons. The van der Waals surface area contributed by atoms with Crippen molar-refractivity contribution in [1.29, 1.82) is 0 Å². The lowest BCUT2D eigenvalue weighted by molar-refractivity contribution is 0.0879. The molecule has 0 atom stereocenters. The molecule has 20 heavy (non-hydrogen) atoms. The van der Waals surface area contributed by atoms with Gasteiger partial charge in [0.05, 0.1) is 11.1 Å². The van der Waals surface area contributed by atoms with Crippen LogP contribution in [0.4, 0.5) is 0 Å². The minimum atomic E-state index is -1.55. The minimum absolute atomic E-state index is 0.336. The maximum atomic E-state index is 11.6. The van der Waals surface area contributed by atoms with Crippen molar-refractivity contribution in [3.63, 3.8) is 0 Å². The number of carbonyl (C=O) groups is 2. The smallest absolute Gasteiger partial charge is 0.423 e. The van der Waals surface area contributed by atoms with Gasteiger partial charge in [-0.1, -0.05) is 30.3 Å². The first-order valence-corrected chi connectivity index (χ1v) is 6.02. The largest absolute Gasteiger partial charge is 0.488 e. The molecular formula is C14H10BNO4. The molecule has 1 aliphatic rings. The van der Waals surface area contributed by atoms with Gasteiger partial charge in [-0.15, -0.1) is 0 Å². The number of hydrogen-bond donors (Lipinski definition) is 3. The van der Waals surface area contributed by atoms with Crippen molar-refractivity contribution in [3.05, 3.63) is 53.6 Å². The first-order valence-electron chi connectivity index (χ1n) is 6.02. The SMILES string of the molecule is O=C1NC(=O)c2cc(-c3cccc(B(O)O)c3)ccc21. The molecule has 0 bridgehead atoms. The zero-order valence-corrected chi connectivity index (χ0v) is 10.3. The highest BCUT2D eigenvalue weighted by Crippen LogP contribution is 2.24. The predicted octanol–water partition coefficient (Wildman–Crippen LogP) is -0.0830. The number of nitrogens with one attached hydrogen (secondary N) is 1. The maximum absolute atomic E-state index is 11.6. The second-order valence-corrected chi connectivity index (χ2v) is 4.54. The van der Waals surface area contributed by atoms with Crippen LogP contribution in [0.15, 0.2) is 42.5 Å². The molecule has 0 saturated heterocycles. The van der Waals surface area contributed by atoms with Crippen LogP contribution in [-0.2, 0) is 0 Å². The van der Waals surface area contributed by atoms with Crippen LogP contribution in [0, 0.1) is 0 Å². The summed E-state index contributed by atoms with van der Waals surface area (Å²) in [5, 5.41) is 20.6. The standard InChI is InChI=1S/C14H10BNO4/c17-13-11-5-4-9(7-12(11)14(18)16-13)8-2-1-3-10(6-8)15(19)20/h1-7,19-20H,(H,16,17,18). The average Bonchev–Trinajstić information content (AvgIpc) is 2.74. The highest BCUT2D eigenvalue weighted by molar-refractivity contribution is 6.58. The number of carbonyl (C=O) groups excluding carboxylic acids is 2. The van der Waals surface area contributed by atoms with Crippen LogP contribution in [-0.4, -0.2) is 29.0 Å². The minimum Gasteiger partial charge on any atom is -0.423 e. The van der Waals surface area contributed by atoms with E-state index >= 15 is 0 Å². The summed E-state index contributed by atoms with van der Waals surface area (Å²) < 4.78 is 0. The van der Waals surface area contributed by atoms with E-state index in [1.807, 2.05) is 0 Å². The van der Waals surface area contributed by atoms with Gasteiger partial charge < -0.3 is 10.0 Å². The van der Waals surface area contributed by atoms with E-state index in [2.05, 4.69) is 5.32 Å². The van der Waals surface area contributed by atoms with Crippen molar-refractivity contribution < 1.29 is 19.6 Å². The molecular weight excluding hydrogens is 257 g/mol. The summed E-state index contributed by atoms with van der Waals surface area (Å²) in [4.78, 5) is 23.1. The molecule has 0 saturated carbocycles. The fraction of sp³-hybridized carbons (Fsp3) is 0. The summed E-state index contributed by atoms with van der Waals surface area (Å²) in [6.07, 6.45) is 0. The van der Waals surface area contributed by atoms with Crippen molar-refractivity contribution in [2.75, 3.05) is 0 Å². The van der Waals surface area contributed by atoms with Crippen molar-refractivity contribution in [3.8, 4) is 11.1 Å². The lowest BCUT2D eigenvalue weighted by Gasteiger charge is -2.06. The van der Waals surface area contributed by atoms with E-state index in [-0.39, 0.29) is 0 Å². The Kier molecular flexibility index (Phi) is 2.89. The number of fused-ring (bicyclic) bond motifs is 1. The highest BCUT2D eigenvalue weighted by atomic mass is 16.4. The number of hydrogen-bond acceptors (Lipinski definition) is 4. The molecule has 0 fully saturated rings. The Morgan fingerprint density at radius 2 is 1.55 bits per heavy atom. The third-order valence-corrected chi connectivity index (χ3v) is 3.25. The molecule has 0 aromatic heterocycles. The Bertz CT molecular complexity index is 727. The molecule has 3 N–H and O–H groups in total. The van der Waals surface area contributed by atoms with E-state index in [9.17, 15) is 19.6 Å². The normalized spacial score (nSPS) is 13.1. The molecule has 2 amide bonds. The van der Waals surface area contributed by atoms with E-state index in [1.165, 1.54) is 0 Å². The second kappa shape index (κ2) is 4.59. The van der Waals surface area contributed by atoms with Crippen LogP contribution < -0.4 is 10.8 Å². The van der Waals surface area contributed by atoms with Crippen molar-refractivity contribution in [2.24, 2.45) is 0 Å². The molecule has 98 valence electrons. The number of imide groups is 1. The number of rotatable bonds is 2. The first kappa shape index (κ1) is 12.6. The van der Waals surface area contributed by atoms with Gasteiger partial charge in [0.25, 0.3) is 11.8 Å². The summed E-state index contributed by atoms with van der Waals surface area (Å²) in [6, 6.07) is 11.6. The van der Waals surface area contributed by atoms with E-state index < -0.39 is 18.9 Å². The molecule has 0 spiro atoms. The molecule has 2 aromatic carbocycles. The van der Waals surface area contributed by atoms with Gasteiger partial charge >= 0.3 is 7.12 Å². The van der Waals surface area contributed by atoms with Crippen molar-refractivity contribution >= 4 is 24.4 Å². The van der Waals surface area contributed by atoms with Crippen LogP contribution in [0.1, 0.15) is 20.7 Å². The van der Waals surface area contributed by atoms with Gasteiger partial charge in [-0.3, -0.25) is 14.9 Å². The number of benzene rings is 2. The molecule has 5 nitrogen and oxygen atoms in total.